The first-order chi connectivity index (χ1) is 13.0. The van der Waals surface area contributed by atoms with Crippen LogP contribution in [0.15, 0.2) is 42.5 Å². The summed E-state index contributed by atoms with van der Waals surface area (Å²) in [6.45, 7) is 2.56. The van der Waals surface area contributed by atoms with Crippen molar-refractivity contribution in [1.29, 1.82) is 0 Å². The number of fused-ring (bicyclic) bond motifs is 1. The lowest BCUT2D eigenvalue weighted by atomic mass is 10.2. The Morgan fingerprint density at radius 2 is 1.85 bits per heavy atom. The number of carbonyl (C=O) groups is 1. The third-order valence-electron chi connectivity index (χ3n) is 4.58. The maximum Gasteiger partial charge on any atom is 0.250 e. The molecule has 0 saturated carbocycles. The smallest absolute Gasteiger partial charge is 0.250 e. The van der Waals surface area contributed by atoms with E-state index >= 15 is 0 Å². The molecule has 1 amide bonds. The lowest BCUT2D eigenvalue weighted by Gasteiger charge is -2.37. The van der Waals surface area contributed by atoms with Gasteiger partial charge in [0.15, 0.2) is 0 Å². The molecule has 2 heterocycles. The van der Waals surface area contributed by atoms with Gasteiger partial charge < -0.3 is 9.88 Å². The summed E-state index contributed by atoms with van der Waals surface area (Å²) in [5.74, 6) is 0.902. The molecule has 1 N–H and O–H groups in total. The maximum atomic E-state index is 12.9. The number of aromatic amines is 1. The van der Waals surface area contributed by atoms with Gasteiger partial charge in [0.05, 0.1) is 17.6 Å². The first-order valence-electron chi connectivity index (χ1n) is 8.55. The molecule has 1 saturated heterocycles. The van der Waals surface area contributed by atoms with Crippen LogP contribution in [-0.2, 0) is 17.9 Å². The van der Waals surface area contributed by atoms with Crippen LogP contribution in [0.4, 0.5) is 0 Å². The first-order valence-corrected chi connectivity index (χ1v) is 10.6. The molecule has 5 nitrogen and oxygen atoms in total. The molecule has 1 aromatic heterocycles. The van der Waals surface area contributed by atoms with Crippen molar-refractivity contribution in [2.45, 2.75) is 17.1 Å². The number of hydrogen-bond acceptors (Lipinski definition) is 3. The third-order valence-corrected chi connectivity index (χ3v) is 6.34. The molecular weight excluding hydrogens is 498 g/mol. The van der Waals surface area contributed by atoms with Crippen molar-refractivity contribution in [3.63, 3.8) is 0 Å². The molecule has 1 aliphatic rings. The lowest BCUT2D eigenvalue weighted by Crippen LogP contribution is -2.53. The number of imidazole rings is 1. The highest BCUT2D eigenvalue weighted by atomic mass is 127. The Balaban J connectivity index is 1.44. The van der Waals surface area contributed by atoms with E-state index in [4.69, 9.17) is 23.2 Å². The molecule has 8 heteroatoms. The highest BCUT2D eigenvalue weighted by Crippen LogP contribution is 2.25. The average molecular weight is 515 g/mol. The molecule has 1 fully saturated rings. The molecule has 0 radical (unpaired) electrons. The van der Waals surface area contributed by atoms with Crippen molar-refractivity contribution in [3.05, 3.63) is 63.9 Å². The zero-order valence-electron chi connectivity index (χ0n) is 14.3. The number of nitrogens with zero attached hydrogens (tertiary/aromatic N) is 3. The zero-order chi connectivity index (χ0) is 19.0. The lowest BCUT2D eigenvalue weighted by molar-refractivity contribution is -0.138. The number of halogens is 3. The van der Waals surface area contributed by atoms with Gasteiger partial charge in [0.25, 0.3) is 5.91 Å². The molecule has 3 aromatic rings. The van der Waals surface area contributed by atoms with Crippen LogP contribution in [0.3, 0.4) is 0 Å². The van der Waals surface area contributed by atoms with Gasteiger partial charge in [-0.3, -0.25) is 9.69 Å². The van der Waals surface area contributed by atoms with Crippen molar-refractivity contribution in [2.24, 2.45) is 0 Å². The molecule has 1 unspecified atom stereocenters. The number of H-pyrrole nitrogens is 1. The van der Waals surface area contributed by atoms with Gasteiger partial charge in [-0.2, -0.15) is 0 Å². The van der Waals surface area contributed by atoms with Crippen molar-refractivity contribution < 1.29 is 4.79 Å². The second-order valence-corrected chi connectivity index (χ2v) is 8.60. The summed E-state index contributed by atoms with van der Waals surface area (Å²) in [5.41, 5.74) is 2.91. The number of benzene rings is 2. The third kappa shape index (κ3) is 4.23. The molecule has 27 heavy (non-hydrogen) atoms. The van der Waals surface area contributed by atoms with Gasteiger partial charge in [0.1, 0.15) is 9.87 Å². The fraction of sp³-hybridized carbons (Fsp3) is 0.263. The second kappa shape index (κ2) is 7.95. The Morgan fingerprint density at radius 1 is 1.11 bits per heavy atom. The number of amides is 1. The molecule has 0 bridgehead atoms. The Morgan fingerprint density at radius 3 is 2.59 bits per heavy atom. The number of nitrogens with one attached hydrogen (secondary N) is 1. The summed E-state index contributed by atoms with van der Waals surface area (Å²) in [5, 5.41) is 1.22. The van der Waals surface area contributed by atoms with Gasteiger partial charge in [0, 0.05) is 29.7 Å². The largest absolute Gasteiger partial charge is 0.340 e. The number of piperazine rings is 1. The van der Waals surface area contributed by atoms with Gasteiger partial charge in [-0.1, -0.05) is 57.9 Å². The quantitative estimate of drug-likeness (QED) is 0.317. The molecular formula is C19H17Cl2IN4O. The van der Waals surface area contributed by atoms with Crippen LogP contribution in [0.25, 0.3) is 11.0 Å². The highest BCUT2D eigenvalue weighted by molar-refractivity contribution is 14.1. The van der Waals surface area contributed by atoms with Crippen LogP contribution < -0.4 is 0 Å². The number of hydrogen-bond donors (Lipinski definition) is 1. The van der Waals surface area contributed by atoms with Crippen molar-refractivity contribution in [3.8, 4) is 0 Å². The van der Waals surface area contributed by atoms with Crippen LogP contribution in [0, 0.1) is 0 Å². The van der Waals surface area contributed by atoms with Gasteiger partial charge in [0.2, 0.25) is 0 Å². The second-order valence-electron chi connectivity index (χ2n) is 6.54. The maximum absolute atomic E-state index is 12.9. The molecule has 1 atom stereocenters. The molecule has 140 valence electrons. The van der Waals surface area contributed by atoms with E-state index in [9.17, 15) is 4.79 Å². The van der Waals surface area contributed by atoms with E-state index in [0.717, 1.165) is 29.0 Å². The fourth-order valence-electron chi connectivity index (χ4n) is 3.29. The van der Waals surface area contributed by atoms with E-state index < -0.39 is 0 Å². The number of rotatable bonds is 4. The summed E-state index contributed by atoms with van der Waals surface area (Å²) >= 11 is 14.4. The Labute approximate surface area is 180 Å². The van der Waals surface area contributed by atoms with Gasteiger partial charge in [-0.15, -0.1) is 0 Å². The van der Waals surface area contributed by atoms with E-state index in [1.165, 1.54) is 0 Å². The topological polar surface area (TPSA) is 52.2 Å². The SMILES string of the molecule is O=C1C(I)N(Cc2cc(Cl)cc(Cl)c2)CCN1Cc1nc2ccccc2[nH]1. The Kier molecular flexibility index (Phi) is 5.59. The highest BCUT2D eigenvalue weighted by Gasteiger charge is 2.33. The van der Waals surface area contributed by atoms with Crippen LogP contribution in [0.5, 0.6) is 0 Å². The van der Waals surface area contributed by atoms with E-state index in [0.29, 0.717) is 29.7 Å². The molecule has 1 aliphatic heterocycles. The Bertz CT molecular complexity index is 940. The van der Waals surface area contributed by atoms with Gasteiger partial charge >= 0.3 is 0 Å². The summed E-state index contributed by atoms with van der Waals surface area (Å²) in [6, 6.07) is 13.4. The van der Waals surface area contributed by atoms with Gasteiger partial charge in [-0.05, 0) is 35.9 Å². The zero-order valence-corrected chi connectivity index (χ0v) is 18.0. The summed E-state index contributed by atoms with van der Waals surface area (Å²) in [4.78, 5) is 24.7. The average Bonchev–Trinajstić information content (AvgIpc) is 3.03. The molecule has 2 aromatic carbocycles. The van der Waals surface area contributed by atoms with Crippen LogP contribution in [0.2, 0.25) is 10.0 Å². The fourth-order valence-corrected chi connectivity index (χ4v) is 4.73. The predicted molar refractivity (Wildman–Crippen MR) is 116 cm³/mol. The number of aromatic nitrogens is 2. The minimum atomic E-state index is -0.238. The van der Waals surface area contributed by atoms with Gasteiger partial charge in [-0.25, -0.2) is 4.98 Å². The van der Waals surface area contributed by atoms with Crippen molar-refractivity contribution in [1.82, 2.24) is 19.8 Å². The summed E-state index contributed by atoms with van der Waals surface area (Å²) in [7, 11) is 0. The minimum absolute atomic E-state index is 0.0930. The van der Waals surface area contributed by atoms with E-state index in [1.54, 1.807) is 6.07 Å². The van der Waals surface area contributed by atoms with Crippen LogP contribution >= 0.6 is 45.8 Å². The van der Waals surface area contributed by atoms with Crippen LogP contribution in [0.1, 0.15) is 11.4 Å². The van der Waals surface area contributed by atoms with Crippen molar-refractivity contribution in [2.75, 3.05) is 13.1 Å². The summed E-state index contributed by atoms with van der Waals surface area (Å²) in [6.07, 6.45) is 0. The van der Waals surface area contributed by atoms with Crippen LogP contribution in [-0.4, -0.2) is 42.8 Å². The minimum Gasteiger partial charge on any atom is -0.340 e. The number of carbonyl (C=O) groups excluding carboxylic acids is 1. The first kappa shape index (κ1) is 19.0. The predicted octanol–water partition coefficient (Wildman–Crippen LogP) is 4.48. The standard InChI is InChI=1S/C19H17Cl2IN4O/c20-13-7-12(8-14(21)9-13)10-25-5-6-26(19(27)18(25)22)11-17-23-15-3-1-2-4-16(15)24-17/h1-4,7-9,18H,5-6,10-11H2,(H,23,24). The van der Waals surface area contributed by atoms with E-state index in [-0.39, 0.29) is 9.96 Å². The molecule has 0 spiro atoms. The number of alkyl halides is 1. The normalized spacial score (nSPS) is 18.4. The van der Waals surface area contributed by atoms with E-state index in [2.05, 4.69) is 37.5 Å². The monoisotopic (exact) mass is 514 g/mol. The molecule has 0 aliphatic carbocycles. The number of para-hydroxylation sites is 2. The Hall–Kier alpha value is -1.35. The molecule has 4 rings (SSSR count). The van der Waals surface area contributed by atoms with E-state index in [1.807, 2.05) is 41.3 Å². The summed E-state index contributed by atoms with van der Waals surface area (Å²) < 4.78 is -0.238. The van der Waals surface area contributed by atoms with Crippen molar-refractivity contribution >= 4 is 62.7 Å².